The van der Waals surface area contributed by atoms with Crippen molar-refractivity contribution in [3.63, 3.8) is 0 Å². The van der Waals surface area contributed by atoms with Crippen LogP contribution in [-0.4, -0.2) is 38.8 Å². The molecule has 0 aromatic carbocycles. The molecule has 82 valence electrons. The monoisotopic (exact) mass is 210 g/mol. The minimum Gasteiger partial charge on any atom is -0.493 e. The van der Waals surface area contributed by atoms with E-state index in [1.165, 1.54) is 7.11 Å². The van der Waals surface area contributed by atoms with Gasteiger partial charge < -0.3 is 14.4 Å². The fourth-order valence-corrected chi connectivity index (χ4v) is 1.16. The van der Waals surface area contributed by atoms with Gasteiger partial charge in [0.15, 0.2) is 11.6 Å². The number of hydrogen-bond acceptors (Lipinski definition) is 5. The Morgan fingerprint density at radius 2 is 2.27 bits per heavy atom. The number of rotatable bonds is 4. The second-order valence-corrected chi connectivity index (χ2v) is 2.96. The molecule has 1 aromatic heterocycles. The van der Waals surface area contributed by atoms with Gasteiger partial charge in [0.1, 0.15) is 6.54 Å². The Morgan fingerprint density at radius 3 is 2.87 bits per heavy atom. The summed E-state index contributed by atoms with van der Waals surface area (Å²) in [5.41, 5.74) is 0. The van der Waals surface area contributed by atoms with E-state index in [1.807, 2.05) is 0 Å². The van der Waals surface area contributed by atoms with Gasteiger partial charge in [0, 0.05) is 13.2 Å². The average Bonchev–Trinajstić information content (AvgIpc) is 2.28. The minimum atomic E-state index is -0.315. The molecule has 0 aliphatic carbocycles. The number of pyridine rings is 1. The molecule has 1 heterocycles. The van der Waals surface area contributed by atoms with Crippen molar-refractivity contribution in [1.82, 2.24) is 4.98 Å². The van der Waals surface area contributed by atoms with Crippen LogP contribution < -0.4 is 9.64 Å². The third-order valence-electron chi connectivity index (χ3n) is 1.93. The summed E-state index contributed by atoms with van der Waals surface area (Å²) in [6.45, 7) is 0.143. The number of likely N-dealkylation sites (N-methyl/N-ethyl adjacent to an activating group) is 1. The number of aromatic nitrogens is 1. The molecule has 0 unspecified atom stereocenters. The highest BCUT2D eigenvalue weighted by molar-refractivity contribution is 5.75. The number of ether oxygens (including phenoxy) is 2. The summed E-state index contributed by atoms with van der Waals surface area (Å²) in [6, 6.07) is 3.56. The Balaban J connectivity index is 2.80. The quantitative estimate of drug-likeness (QED) is 0.685. The summed E-state index contributed by atoms with van der Waals surface area (Å²) in [5.74, 6) is 0.930. The first kappa shape index (κ1) is 11.3. The largest absolute Gasteiger partial charge is 0.493 e. The van der Waals surface area contributed by atoms with Gasteiger partial charge in [0.05, 0.1) is 14.2 Å². The topological polar surface area (TPSA) is 51.7 Å². The van der Waals surface area contributed by atoms with Crippen LogP contribution >= 0.6 is 0 Å². The van der Waals surface area contributed by atoms with Crippen LogP contribution in [-0.2, 0) is 9.53 Å². The number of nitrogens with zero attached hydrogens (tertiary/aromatic N) is 2. The summed E-state index contributed by atoms with van der Waals surface area (Å²) in [6.07, 6.45) is 1.64. The van der Waals surface area contributed by atoms with Gasteiger partial charge >= 0.3 is 5.97 Å². The highest BCUT2D eigenvalue weighted by Crippen LogP contribution is 2.23. The first-order chi connectivity index (χ1) is 7.19. The number of esters is 1. The van der Waals surface area contributed by atoms with E-state index in [-0.39, 0.29) is 12.5 Å². The first-order valence-electron chi connectivity index (χ1n) is 4.46. The smallest absolute Gasteiger partial charge is 0.325 e. The maximum absolute atomic E-state index is 11.1. The van der Waals surface area contributed by atoms with Crippen molar-refractivity contribution in [3.8, 4) is 5.75 Å². The molecule has 5 heteroatoms. The Bertz CT molecular complexity index is 341. The van der Waals surface area contributed by atoms with Gasteiger partial charge in [-0.3, -0.25) is 4.79 Å². The van der Waals surface area contributed by atoms with E-state index in [2.05, 4.69) is 9.72 Å². The number of carbonyl (C=O) groups excluding carboxylic acids is 1. The molecule has 1 aromatic rings. The summed E-state index contributed by atoms with van der Waals surface area (Å²) in [4.78, 5) is 16.9. The fourth-order valence-electron chi connectivity index (χ4n) is 1.16. The maximum atomic E-state index is 11.1. The second kappa shape index (κ2) is 5.19. The van der Waals surface area contributed by atoms with E-state index in [1.54, 1.807) is 37.4 Å². The van der Waals surface area contributed by atoms with Gasteiger partial charge in [-0.15, -0.1) is 0 Å². The van der Waals surface area contributed by atoms with Gasteiger partial charge in [0.2, 0.25) is 0 Å². The van der Waals surface area contributed by atoms with E-state index in [9.17, 15) is 4.79 Å². The molecule has 0 saturated carbocycles. The third kappa shape index (κ3) is 2.83. The van der Waals surface area contributed by atoms with E-state index < -0.39 is 0 Å². The minimum absolute atomic E-state index is 0.143. The van der Waals surface area contributed by atoms with Gasteiger partial charge in [-0.1, -0.05) is 0 Å². The summed E-state index contributed by atoms with van der Waals surface area (Å²) >= 11 is 0. The fraction of sp³-hybridized carbons (Fsp3) is 0.400. The second-order valence-electron chi connectivity index (χ2n) is 2.96. The van der Waals surface area contributed by atoms with Crippen LogP contribution in [0.1, 0.15) is 0 Å². The zero-order chi connectivity index (χ0) is 11.3. The summed E-state index contributed by atoms with van der Waals surface area (Å²) in [7, 11) is 4.67. The van der Waals surface area contributed by atoms with Gasteiger partial charge in [0.25, 0.3) is 0 Å². The molecule has 0 radical (unpaired) electrons. The molecular formula is C10H14N2O3. The van der Waals surface area contributed by atoms with Crippen LogP contribution in [0.4, 0.5) is 5.82 Å². The first-order valence-corrected chi connectivity index (χ1v) is 4.46. The highest BCUT2D eigenvalue weighted by Gasteiger charge is 2.12. The molecule has 0 aliphatic rings. The molecule has 0 aliphatic heterocycles. The Labute approximate surface area is 88.6 Å². The lowest BCUT2D eigenvalue weighted by Crippen LogP contribution is -2.27. The van der Waals surface area contributed by atoms with E-state index in [0.29, 0.717) is 11.6 Å². The molecule has 0 spiro atoms. The van der Waals surface area contributed by atoms with Crippen molar-refractivity contribution < 1.29 is 14.3 Å². The van der Waals surface area contributed by atoms with Crippen molar-refractivity contribution in [3.05, 3.63) is 18.3 Å². The SMILES string of the molecule is COC(=O)CN(C)c1ncccc1OC. The number of hydrogen-bond donors (Lipinski definition) is 0. The number of anilines is 1. The molecule has 0 atom stereocenters. The third-order valence-corrected chi connectivity index (χ3v) is 1.93. The molecule has 5 nitrogen and oxygen atoms in total. The molecule has 0 amide bonds. The van der Waals surface area contributed by atoms with Crippen molar-refractivity contribution in [2.75, 3.05) is 32.7 Å². The Morgan fingerprint density at radius 1 is 1.53 bits per heavy atom. The van der Waals surface area contributed by atoms with E-state index >= 15 is 0 Å². The van der Waals surface area contributed by atoms with Crippen molar-refractivity contribution in [2.24, 2.45) is 0 Å². The normalized spacial score (nSPS) is 9.53. The van der Waals surface area contributed by atoms with Crippen molar-refractivity contribution in [1.29, 1.82) is 0 Å². The molecular weight excluding hydrogens is 196 g/mol. The van der Waals surface area contributed by atoms with Gasteiger partial charge in [-0.2, -0.15) is 0 Å². The molecule has 0 bridgehead atoms. The zero-order valence-corrected chi connectivity index (χ0v) is 9.06. The van der Waals surface area contributed by atoms with Crippen LogP contribution in [0.5, 0.6) is 5.75 Å². The lowest BCUT2D eigenvalue weighted by Gasteiger charge is -2.18. The zero-order valence-electron chi connectivity index (χ0n) is 9.06. The molecule has 15 heavy (non-hydrogen) atoms. The maximum Gasteiger partial charge on any atom is 0.325 e. The van der Waals surface area contributed by atoms with Crippen LogP contribution in [0.3, 0.4) is 0 Å². The number of carbonyl (C=O) groups is 1. The van der Waals surface area contributed by atoms with Crippen molar-refractivity contribution in [2.45, 2.75) is 0 Å². The van der Waals surface area contributed by atoms with Crippen LogP contribution in [0.25, 0.3) is 0 Å². The molecule has 0 N–H and O–H groups in total. The van der Waals surface area contributed by atoms with Crippen LogP contribution in [0, 0.1) is 0 Å². The standard InChI is InChI=1S/C10H14N2O3/c1-12(7-9(13)15-3)10-8(14-2)5-4-6-11-10/h4-6H,7H2,1-3H3. The lowest BCUT2D eigenvalue weighted by molar-refractivity contribution is -0.138. The highest BCUT2D eigenvalue weighted by atomic mass is 16.5. The molecule has 0 saturated heterocycles. The Hall–Kier alpha value is -1.78. The number of methoxy groups -OCH3 is 2. The Kier molecular flexibility index (Phi) is 3.91. The van der Waals surface area contributed by atoms with Gasteiger partial charge in [-0.25, -0.2) is 4.98 Å². The predicted molar refractivity (Wildman–Crippen MR) is 56.1 cm³/mol. The summed E-state index contributed by atoms with van der Waals surface area (Å²) < 4.78 is 9.69. The van der Waals surface area contributed by atoms with Gasteiger partial charge in [-0.05, 0) is 12.1 Å². The van der Waals surface area contributed by atoms with E-state index in [4.69, 9.17) is 4.74 Å². The average molecular weight is 210 g/mol. The van der Waals surface area contributed by atoms with Crippen LogP contribution in [0.15, 0.2) is 18.3 Å². The predicted octanol–water partition coefficient (Wildman–Crippen LogP) is 0.699. The molecule has 1 rings (SSSR count). The van der Waals surface area contributed by atoms with E-state index in [0.717, 1.165) is 0 Å². The van der Waals surface area contributed by atoms with Crippen LogP contribution in [0.2, 0.25) is 0 Å². The lowest BCUT2D eigenvalue weighted by atomic mass is 10.4. The summed E-state index contributed by atoms with van der Waals surface area (Å²) in [5, 5.41) is 0. The molecule has 0 fully saturated rings. The van der Waals surface area contributed by atoms with Crippen molar-refractivity contribution >= 4 is 11.8 Å².